The van der Waals surface area contributed by atoms with Gasteiger partial charge < -0.3 is 9.84 Å². The zero-order valence-corrected chi connectivity index (χ0v) is 17.0. The molecule has 0 aromatic carbocycles. The van der Waals surface area contributed by atoms with Crippen LogP contribution in [-0.4, -0.2) is 32.8 Å². The van der Waals surface area contributed by atoms with Gasteiger partial charge in [-0.2, -0.15) is 5.10 Å². The average molecular weight is 393 g/mol. The zero-order valence-electron chi connectivity index (χ0n) is 17.0. The van der Waals surface area contributed by atoms with Crippen LogP contribution in [0.3, 0.4) is 0 Å². The van der Waals surface area contributed by atoms with Gasteiger partial charge in [-0.15, -0.1) is 0 Å². The molecule has 152 valence electrons. The summed E-state index contributed by atoms with van der Waals surface area (Å²) in [5.41, 5.74) is 7.15. The van der Waals surface area contributed by atoms with Gasteiger partial charge >= 0.3 is 5.97 Å². The Kier molecular flexibility index (Phi) is 6.77. The van der Waals surface area contributed by atoms with Crippen molar-refractivity contribution in [1.82, 2.24) is 14.6 Å². The van der Waals surface area contributed by atoms with Crippen molar-refractivity contribution < 1.29 is 14.6 Å². The number of aromatic nitrogens is 3. The van der Waals surface area contributed by atoms with E-state index in [-0.39, 0.29) is 6.42 Å². The number of nitrogens with zero attached hydrogens (tertiary/aromatic N) is 3. The van der Waals surface area contributed by atoms with E-state index in [4.69, 9.17) is 14.9 Å². The Labute approximate surface area is 170 Å². The van der Waals surface area contributed by atoms with E-state index < -0.39 is 5.97 Å². The van der Waals surface area contributed by atoms with Gasteiger partial charge in [0.2, 0.25) is 0 Å². The molecule has 0 bridgehead atoms. The summed E-state index contributed by atoms with van der Waals surface area (Å²) in [5, 5.41) is 13.8. The number of pyridine rings is 1. The number of methoxy groups -OCH3 is 1. The number of aliphatic carboxylic acids is 1. The number of unbranched alkanes of at least 4 members (excludes halogenated alkanes) is 1. The molecule has 6 nitrogen and oxygen atoms in total. The number of hydrogen-bond acceptors (Lipinski definition) is 4. The summed E-state index contributed by atoms with van der Waals surface area (Å²) in [7, 11) is 1.66. The van der Waals surface area contributed by atoms with Crippen LogP contribution in [0, 0.1) is 0 Å². The van der Waals surface area contributed by atoms with Crippen molar-refractivity contribution in [3.63, 3.8) is 0 Å². The van der Waals surface area contributed by atoms with Gasteiger partial charge in [-0.3, -0.25) is 9.78 Å². The van der Waals surface area contributed by atoms with Gasteiger partial charge in [0, 0.05) is 42.7 Å². The van der Waals surface area contributed by atoms with Gasteiger partial charge in [0.25, 0.3) is 0 Å². The number of rotatable bonds is 10. The van der Waals surface area contributed by atoms with Crippen LogP contribution in [-0.2, 0) is 29.0 Å². The Morgan fingerprint density at radius 2 is 2.14 bits per heavy atom. The van der Waals surface area contributed by atoms with E-state index >= 15 is 0 Å². The minimum Gasteiger partial charge on any atom is -0.481 e. The summed E-state index contributed by atoms with van der Waals surface area (Å²) in [5.74, 6) is -0.766. The van der Waals surface area contributed by atoms with Gasteiger partial charge in [0.15, 0.2) is 0 Å². The predicted molar refractivity (Wildman–Crippen MR) is 114 cm³/mol. The van der Waals surface area contributed by atoms with Crippen LogP contribution in [0.15, 0.2) is 37.2 Å². The first kappa shape index (κ1) is 20.7. The Morgan fingerprint density at radius 1 is 1.31 bits per heavy atom. The molecule has 0 amide bonds. The average Bonchev–Trinajstić information content (AvgIpc) is 3.13. The van der Waals surface area contributed by atoms with Crippen molar-refractivity contribution in [2.24, 2.45) is 0 Å². The largest absolute Gasteiger partial charge is 0.481 e. The Bertz CT molecular complexity index is 1020. The number of fused-ring (bicyclic) bond motifs is 1. The van der Waals surface area contributed by atoms with E-state index in [9.17, 15) is 4.79 Å². The third kappa shape index (κ3) is 4.54. The molecule has 3 aromatic heterocycles. The SMILES string of the molecule is C=Cc1cncc(-c2c(CCCCC(=O)O)c(COC)nn3c(CC)ccc23)c1. The number of ether oxygens (including phenoxy) is 1. The monoisotopic (exact) mass is 393 g/mol. The molecule has 0 radical (unpaired) electrons. The molecule has 3 aromatic rings. The molecule has 0 saturated carbocycles. The number of carboxylic acids is 1. The topological polar surface area (TPSA) is 76.7 Å². The van der Waals surface area contributed by atoms with Crippen LogP contribution in [0.25, 0.3) is 22.7 Å². The summed E-state index contributed by atoms with van der Waals surface area (Å²) in [4.78, 5) is 15.3. The van der Waals surface area contributed by atoms with Crippen LogP contribution >= 0.6 is 0 Å². The summed E-state index contributed by atoms with van der Waals surface area (Å²) in [6.07, 6.45) is 8.59. The van der Waals surface area contributed by atoms with E-state index in [1.165, 1.54) is 0 Å². The molecule has 3 rings (SSSR count). The Hall–Kier alpha value is -2.99. The second-order valence-electron chi connectivity index (χ2n) is 7.02. The lowest BCUT2D eigenvalue weighted by molar-refractivity contribution is -0.137. The molecule has 1 N–H and O–H groups in total. The second-order valence-corrected chi connectivity index (χ2v) is 7.02. The highest BCUT2D eigenvalue weighted by Gasteiger charge is 2.19. The standard InChI is InChI=1S/C23H27N3O3/c1-4-16-12-17(14-24-13-16)23-19(8-6-7-9-22(27)28)20(15-29-3)25-26-18(5-2)10-11-21(23)26/h4,10-14H,1,5-9,15H2,2-3H3,(H,27,28). The molecule has 3 heterocycles. The molecule has 0 aliphatic rings. The molecule has 0 fully saturated rings. The van der Waals surface area contributed by atoms with E-state index in [1.54, 1.807) is 19.4 Å². The molecule has 0 aliphatic carbocycles. The minimum absolute atomic E-state index is 0.170. The number of hydrogen-bond donors (Lipinski definition) is 1. The normalized spacial score (nSPS) is 11.1. The van der Waals surface area contributed by atoms with Gasteiger partial charge in [-0.05, 0) is 55.0 Å². The molecule has 29 heavy (non-hydrogen) atoms. The van der Waals surface area contributed by atoms with Crippen LogP contribution in [0.1, 0.15) is 48.7 Å². The molecular weight excluding hydrogens is 366 g/mol. The van der Waals surface area contributed by atoms with Crippen molar-refractivity contribution in [3.05, 3.63) is 59.7 Å². The van der Waals surface area contributed by atoms with E-state index in [0.717, 1.165) is 58.4 Å². The van der Waals surface area contributed by atoms with Gasteiger partial charge in [-0.25, -0.2) is 4.52 Å². The minimum atomic E-state index is -0.766. The fraction of sp³-hybridized carbons (Fsp3) is 0.348. The highest BCUT2D eigenvalue weighted by atomic mass is 16.5. The maximum atomic E-state index is 10.9. The smallest absolute Gasteiger partial charge is 0.303 e. The first-order valence-electron chi connectivity index (χ1n) is 9.90. The van der Waals surface area contributed by atoms with Crippen molar-refractivity contribution >= 4 is 17.6 Å². The number of aryl methyl sites for hydroxylation is 1. The molecule has 0 spiro atoms. The molecule has 0 saturated heterocycles. The van der Waals surface area contributed by atoms with E-state index in [0.29, 0.717) is 13.0 Å². The lowest BCUT2D eigenvalue weighted by atomic mass is 9.94. The van der Waals surface area contributed by atoms with Crippen LogP contribution in [0.2, 0.25) is 0 Å². The first-order chi connectivity index (χ1) is 14.1. The van der Waals surface area contributed by atoms with E-state index in [2.05, 4.69) is 36.7 Å². The van der Waals surface area contributed by atoms with Crippen LogP contribution in [0.5, 0.6) is 0 Å². The van der Waals surface area contributed by atoms with Crippen molar-refractivity contribution in [3.8, 4) is 11.1 Å². The number of carboxylic acid groups (broad SMARTS) is 1. The highest BCUT2D eigenvalue weighted by Crippen LogP contribution is 2.33. The molecule has 6 heteroatoms. The van der Waals surface area contributed by atoms with Gasteiger partial charge in [0.1, 0.15) is 0 Å². The lowest BCUT2D eigenvalue weighted by Gasteiger charge is -2.17. The van der Waals surface area contributed by atoms with Crippen molar-refractivity contribution in [2.75, 3.05) is 7.11 Å². The fourth-order valence-corrected chi connectivity index (χ4v) is 3.65. The second kappa shape index (κ2) is 9.47. The summed E-state index contributed by atoms with van der Waals surface area (Å²) in [6, 6.07) is 6.27. The van der Waals surface area contributed by atoms with Crippen LogP contribution < -0.4 is 0 Å². The highest BCUT2D eigenvalue weighted by molar-refractivity contribution is 5.84. The Balaban J connectivity index is 2.19. The maximum absolute atomic E-state index is 10.9. The third-order valence-electron chi connectivity index (χ3n) is 5.06. The van der Waals surface area contributed by atoms with Gasteiger partial charge in [-0.1, -0.05) is 19.6 Å². The Morgan fingerprint density at radius 3 is 2.83 bits per heavy atom. The van der Waals surface area contributed by atoms with Crippen molar-refractivity contribution in [1.29, 1.82) is 0 Å². The fourth-order valence-electron chi connectivity index (χ4n) is 3.65. The zero-order chi connectivity index (χ0) is 20.8. The number of carbonyl (C=O) groups is 1. The maximum Gasteiger partial charge on any atom is 0.303 e. The first-order valence-corrected chi connectivity index (χ1v) is 9.90. The molecule has 0 unspecified atom stereocenters. The van der Waals surface area contributed by atoms with E-state index in [1.807, 2.05) is 10.7 Å². The predicted octanol–water partition coefficient (Wildman–Crippen LogP) is 4.55. The molecule has 0 aliphatic heterocycles. The van der Waals surface area contributed by atoms with Crippen molar-refractivity contribution in [2.45, 2.75) is 45.6 Å². The quantitative estimate of drug-likeness (QED) is 0.512. The lowest BCUT2D eigenvalue weighted by Crippen LogP contribution is -2.10. The molecule has 0 atom stereocenters. The summed E-state index contributed by atoms with van der Waals surface area (Å²) in [6.45, 7) is 6.36. The summed E-state index contributed by atoms with van der Waals surface area (Å²) < 4.78 is 7.44. The molecular formula is C23H27N3O3. The summed E-state index contributed by atoms with van der Waals surface area (Å²) >= 11 is 0. The third-order valence-corrected chi connectivity index (χ3v) is 5.06. The van der Waals surface area contributed by atoms with Crippen LogP contribution in [0.4, 0.5) is 0 Å². The van der Waals surface area contributed by atoms with Gasteiger partial charge in [0.05, 0.1) is 17.8 Å².